The molecular formula is C12H20N2O4. The van der Waals surface area contributed by atoms with E-state index >= 15 is 0 Å². The number of carbonyl (C=O) groups is 2. The summed E-state index contributed by atoms with van der Waals surface area (Å²) in [5, 5.41) is 7.75. The molecule has 0 fully saturated rings. The van der Waals surface area contributed by atoms with Gasteiger partial charge in [-0.25, -0.2) is 9.59 Å². The topological polar surface area (TPSA) is 77.3 Å². The third-order valence-corrected chi connectivity index (χ3v) is 2.93. The third-order valence-electron chi connectivity index (χ3n) is 2.93. The summed E-state index contributed by atoms with van der Waals surface area (Å²) in [6, 6.07) is 0. The molecule has 1 heterocycles. The smallest absolute Gasteiger partial charge is 0.348 e. The first-order valence-electron chi connectivity index (χ1n) is 6.36. The third kappa shape index (κ3) is 2.52. The first-order chi connectivity index (χ1) is 8.63. The van der Waals surface area contributed by atoms with E-state index in [1.165, 1.54) is 0 Å². The molecule has 0 bridgehead atoms. The highest BCUT2D eigenvalue weighted by Gasteiger charge is 2.58. The molecule has 0 radical (unpaired) electrons. The van der Waals surface area contributed by atoms with Crippen LogP contribution in [0.25, 0.3) is 0 Å². The lowest BCUT2D eigenvalue weighted by molar-refractivity contribution is -0.166. The fourth-order valence-electron chi connectivity index (χ4n) is 2.09. The Bertz CT molecular complexity index is 323. The molecule has 6 heteroatoms. The number of esters is 2. The van der Waals surface area contributed by atoms with Crippen LogP contribution in [0.15, 0.2) is 10.2 Å². The Morgan fingerprint density at radius 3 is 2.17 bits per heavy atom. The van der Waals surface area contributed by atoms with Gasteiger partial charge in [0.2, 0.25) is 0 Å². The van der Waals surface area contributed by atoms with Crippen molar-refractivity contribution < 1.29 is 19.1 Å². The summed E-state index contributed by atoms with van der Waals surface area (Å²) in [4.78, 5) is 24.2. The molecule has 0 amide bonds. The average molecular weight is 256 g/mol. The Morgan fingerprint density at radius 2 is 1.72 bits per heavy atom. The van der Waals surface area contributed by atoms with Crippen molar-refractivity contribution in [2.75, 3.05) is 19.8 Å². The lowest BCUT2D eigenvalue weighted by Gasteiger charge is -2.26. The van der Waals surface area contributed by atoms with Gasteiger partial charge in [-0.3, -0.25) is 0 Å². The van der Waals surface area contributed by atoms with Crippen molar-refractivity contribution in [3.05, 3.63) is 0 Å². The second-order valence-electron chi connectivity index (χ2n) is 4.12. The molecule has 0 saturated carbocycles. The maximum atomic E-state index is 12.1. The van der Waals surface area contributed by atoms with E-state index in [9.17, 15) is 9.59 Å². The van der Waals surface area contributed by atoms with E-state index in [0.717, 1.165) is 6.42 Å². The van der Waals surface area contributed by atoms with Crippen molar-refractivity contribution >= 4 is 11.9 Å². The molecule has 6 nitrogen and oxygen atoms in total. The van der Waals surface area contributed by atoms with Crippen molar-refractivity contribution in [2.45, 2.75) is 39.2 Å². The maximum absolute atomic E-state index is 12.1. The Balaban J connectivity index is 3.03. The SMILES string of the molecule is CCCC1CN=NC1(C(=O)OCC)C(=O)OCC. The second-order valence-corrected chi connectivity index (χ2v) is 4.12. The first kappa shape index (κ1) is 14.6. The molecule has 0 saturated heterocycles. The molecular weight excluding hydrogens is 236 g/mol. The largest absolute Gasteiger partial charge is 0.464 e. The molecule has 0 aromatic carbocycles. The minimum absolute atomic E-state index is 0.203. The average Bonchev–Trinajstić information content (AvgIpc) is 2.75. The Kier molecular flexibility index (Phi) is 5.25. The van der Waals surface area contributed by atoms with Crippen LogP contribution in [0.3, 0.4) is 0 Å². The van der Waals surface area contributed by atoms with Crippen molar-refractivity contribution in [3.63, 3.8) is 0 Å². The minimum atomic E-state index is -1.58. The highest BCUT2D eigenvalue weighted by atomic mass is 16.6. The summed E-state index contributed by atoms with van der Waals surface area (Å²) in [5.74, 6) is -1.56. The van der Waals surface area contributed by atoms with Crippen LogP contribution in [0.1, 0.15) is 33.6 Å². The van der Waals surface area contributed by atoms with E-state index in [0.29, 0.717) is 13.0 Å². The van der Waals surface area contributed by atoms with Crippen molar-refractivity contribution in [2.24, 2.45) is 16.1 Å². The van der Waals surface area contributed by atoms with Gasteiger partial charge in [0, 0.05) is 5.92 Å². The van der Waals surface area contributed by atoms with Gasteiger partial charge in [0.1, 0.15) is 0 Å². The molecule has 0 N–H and O–H groups in total. The molecule has 102 valence electrons. The summed E-state index contributed by atoms with van der Waals surface area (Å²) in [7, 11) is 0. The van der Waals surface area contributed by atoms with Gasteiger partial charge in [0.25, 0.3) is 5.54 Å². The second kappa shape index (κ2) is 6.47. The van der Waals surface area contributed by atoms with Gasteiger partial charge in [-0.2, -0.15) is 10.2 Å². The van der Waals surface area contributed by atoms with Crippen LogP contribution in [0.4, 0.5) is 0 Å². The monoisotopic (exact) mass is 256 g/mol. The number of ether oxygens (including phenoxy) is 2. The van der Waals surface area contributed by atoms with Crippen LogP contribution in [-0.4, -0.2) is 37.2 Å². The zero-order valence-electron chi connectivity index (χ0n) is 11.1. The van der Waals surface area contributed by atoms with Gasteiger partial charge in [-0.15, -0.1) is 0 Å². The van der Waals surface area contributed by atoms with Gasteiger partial charge < -0.3 is 9.47 Å². The predicted octanol–water partition coefficient (Wildman–Crippen LogP) is 1.73. The van der Waals surface area contributed by atoms with E-state index in [1.807, 2.05) is 6.92 Å². The number of hydrogen-bond donors (Lipinski definition) is 0. The van der Waals surface area contributed by atoms with E-state index in [2.05, 4.69) is 10.2 Å². The molecule has 0 spiro atoms. The summed E-state index contributed by atoms with van der Waals surface area (Å²) in [5.41, 5.74) is -1.58. The maximum Gasteiger partial charge on any atom is 0.348 e. The lowest BCUT2D eigenvalue weighted by Crippen LogP contribution is -2.51. The Hall–Kier alpha value is -1.46. The summed E-state index contributed by atoms with van der Waals surface area (Å²) in [6.45, 7) is 6.14. The zero-order valence-corrected chi connectivity index (χ0v) is 11.1. The van der Waals surface area contributed by atoms with E-state index in [-0.39, 0.29) is 19.1 Å². The van der Waals surface area contributed by atoms with Crippen LogP contribution in [-0.2, 0) is 19.1 Å². The highest BCUT2D eigenvalue weighted by molar-refractivity contribution is 6.05. The van der Waals surface area contributed by atoms with Gasteiger partial charge in [0.05, 0.1) is 19.8 Å². The number of nitrogens with zero attached hydrogens (tertiary/aromatic N) is 2. The standard InChI is InChI=1S/C12H20N2O4/c1-4-7-9-8-13-14-12(9,10(15)17-5-2)11(16)18-6-3/h9H,4-8H2,1-3H3. The van der Waals surface area contributed by atoms with Gasteiger partial charge in [-0.1, -0.05) is 13.3 Å². The summed E-state index contributed by atoms with van der Waals surface area (Å²) < 4.78 is 9.96. The number of hydrogen-bond acceptors (Lipinski definition) is 6. The normalized spacial score (nSPS) is 20.7. The predicted molar refractivity (Wildman–Crippen MR) is 64.1 cm³/mol. The van der Waals surface area contributed by atoms with Crippen LogP contribution in [0.2, 0.25) is 0 Å². The van der Waals surface area contributed by atoms with Crippen LogP contribution in [0, 0.1) is 5.92 Å². The van der Waals surface area contributed by atoms with Gasteiger partial charge in [-0.05, 0) is 20.3 Å². The fourth-order valence-corrected chi connectivity index (χ4v) is 2.09. The molecule has 0 aliphatic carbocycles. The molecule has 0 aromatic rings. The van der Waals surface area contributed by atoms with Gasteiger partial charge in [0.15, 0.2) is 0 Å². The van der Waals surface area contributed by atoms with Gasteiger partial charge >= 0.3 is 11.9 Å². The summed E-state index contributed by atoms with van der Waals surface area (Å²) >= 11 is 0. The minimum Gasteiger partial charge on any atom is -0.464 e. The highest BCUT2D eigenvalue weighted by Crippen LogP contribution is 2.35. The van der Waals surface area contributed by atoms with Crippen molar-refractivity contribution in [1.82, 2.24) is 0 Å². The fraction of sp³-hybridized carbons (Fsp3) is 0.833. The van der Waals surface area contributed by atoms with Crippen LogP contribution >= 0.6 is 0 Å². The van der Waals surface area contributed by atoms with Crippen LogP contribution in [0.5, 0.6) is 0 Å². The lowest BCUT2D eigenvalue weighted by atomic mass is 9.82. The van der Waals surface area contributed by atoms with Crippen molar-refractivity contribution in [1.29, 1.82) is 0 Å². The van der Waals surface area contributed by atoms with E-state index in [1.54, 1.807) is 13.8 Å². The number of carbonyl (C=O) groups excluding carboxylic acids is 2. The van der Waals surface area contributed by atoms with Crippen molar-refractivity contribution in [3.8, 4) is 0 Å². The Labute approximate surface area is 107 Å². The Morgan fingerprint density at radius 1 is 1.17 bits per heavy atom. The van der Waals surface area contributed by atoms with Crippen LogP contribution < -0.4 is 0 Å². The number of rotatable bonds is 6. The number of azo groups is 1. The first-order valence-corrected chi connectivity index (χ1v) is 6.36. The quantitative estimate of drug-likeness (QED) is 0.535. The molecule has 1 atom stereocenters. The molecule has 1 rings (SSSR count). The summed E-state index contributed by atoms with van der Waals surface area (Å²) in [6.07, 6.45) is 1.53. The zero-order chi connectivity index (χ0) is 13.6. The molecule has 1 unspecified atom stereocenters. The van der Waals surface area contributed by atoms with E-state index < -0.39 is 17.5 Å². The molecule has 0 aromatic heterocycles. The molecule has 1 aliphatic rings. The molecule has 1 aliphatic heterocycles. The van der Waals surface area contributed by atoms with E-state index in [4.69, 9.17) is 9.47 Å². The molecule has 18 heavy (non-hydrogen) atoms.